The number of alkyl halides is 3. The van der Waals surface area contributed by atoms with Gasteiger partial charge < -0.3 is 33.8 Å². The Hall–Kier alpha value is -5.18. The Morgan fingerprint density at radius 1 is 0.966 bits per heavy atom. The molecule has 58 heavy (non-hydrogen) atoms. The van der Waals surface area contributed by atoms with E-state index >= 15 is 0 Å². The van der Waals surface area contributed by atoms with Crippen molar-refractivity contribution < 1.29 is 41.4 Å². The number of carbonyl (C=O) groups is 2. The molecule has 3 aromatic carbocycles. The van der Waals surface area contributed by atoms with Gasteiger partial charge in [-0.05, 0) is 33.8 Å². The van der Waals surface area contributed by atoms with Crippen molar-refractivity contribution in [3.8, 4) is 17.6 Å². The van der Waals surface area contributed by atoms with Gasteiger partial charge in [0.05, 0.1) is 36.1 Å². The largest absolute Gasteiger partial charge is 0.484 e. The lowest BCUT2D eigenvalue weighted by atomic mass is 10.2. The number of nitrogens with zero attached hydrogens (tertiary/aromatic N) is 3. The summed E-state index contributed by atoms with van der Waals surface area (Å²) in [6.45, 7) is 5.90. The molecule has 11 nitrogen and oxygen atoms in total. The quantitative estimate of drug-likeness (QED) is 0.0783. The summed E-state index contributed by atoms with van der Waals surface area (Å²) in [6.07, 6.45) is -1.34. The molecule has 3 heterocycles. The minimum Gasteiger partial charge on any atom is -0.484 e. The number of aromatic nitrogens is 3. The lowest BCUT2D eigenvalue weighted by Gasteiger charge is -2.43. The molecule has 0 unspecified atom stereocenters. The molecule has 6 rings (SSSR count). The molecule has 1 aliphatic heterocycles. The number of anilines is 1. The standard InChI is InChI=1S/C42H44F3N5O6SSi/c1-41(2,3)58(31-18-10-6-11-19-31,32-20-12-7-13-21-32)55-25-34-33(54-28-57-4)23-36(56-34)50-24-29(15-14-22-46-40(52)42(43,44)45)37-38(47-27-48-39(37)50)49-35(51)26-53-30-16-8-5-9-17-30/h5-13,16-21,24,27,33-34,36H,22-23,25-26,28H2,1-4H3,(H,46,52)(H,47,48,49,51)/t33-,34-,36-/m1/s1. The van der Waals surface area contributed by atoms with Crippen LogP contribution in [0.4, 0.5) is 19.0 Å². The number of fused-ring (bicyclic) bond motifs is 1. The van der Waals surface area contributed by atoms with Gasteiger partial charge in [0.15, 0.2) is 6.61 Å². The molecule has 5 aromatic rings. The van der Waals surface area contributed by atoms with E-state index in [1.807, 2.05) is 48.7 Å². The minimum absolute atomic E-state index is 0.105. The zero-order valence-electron chi connectivity index (χ0n) is 32.4. The van der Waals surface area contributed by atoms with Crippen molar-refractivity contribution in [3.05, 3.63) is 109 Å². The molecular formula is C42H44F3N5O6SSi. The highest BCUT2D eigenvalue weighted by Gasteiger charge is 2.51. The van der Waals surface area contributed by atoms with Gasteiger partial charge >= 0.3 is 12.1 Å². The smallest absolute Gasteiger partial charge is 0.471 e. The van der Waals surface area contributed by atoms with E-state index in [4.69, 9.17) is 18.6 Å². The summed E-state index contributed by atoms with van der Waals surface area (Å²) in [5.41, 5.74) is 0.633. The highest BCUT2D eigenvalue weighted by Crippen LogP contribution is 2.40. The number of para-hydroxylation sites is 1. The zero-order chi connectivity index (χ0) is 41.3. The first-order chi connectivity index (χ1) is 27.8. The summed E-state index contributed by atoms with van der Waals surface area (Å²) in [5, 5.41) is 6.80. The molecule has 1 fully saturated rings. The fourth-order valence-electron chi connectivity index (χ4n) is 7.01. The molecule has 1 saturated heterocycles. The molecule has 304 valence electrons. The first-order valence-corrected chi connectivity index (χ1v) is 21.8. The summed E-state index contributed by atoms with van der Waals surface area (Å²) in [4.78, 5) is 33.4. The molecular weight excluding hydrogens is 788 g/mol. The van der Waals surface area contributed by atoms with E-state index in [2.05, 4.69) is 72.2 Å². The van der Waals surface area contributed by atoms with Crippen molar-refractivity contribution in [2.24, 2.45) is 0 Å². The van der Waals surface area contributed by atoms with Gasteiger partial charge in [-0.2, -0.15) is 13.2 Å². The van der Waals surface area contributed by atoms with Crippen molar-refractivity contribution in [2.75, 3.05) is 37.3 Å². The molecule has 0 bridgehead atoms. The van der Waals surface area contributed by atoms with Crippen LogP contribution >= 0.6 is 11.8 Å². The molecule has 0 saturated carbocycles. The maximum Gasteiger partial charge on any atom is 0.471 e. The summed E-state index contributed by atoms with van der Waals surface area (Å²) in [5.74, 6) is 3.81. The lowest BCUT2D eigenvalue weighted by molar-refractivity contribution is -0.173. The second kappa shape index (κ2) is 18.6. The molecule has 2 N–H and O–H groups in total. The SMILES string of the molecule is CSCO[C@@H]1C[C@H](n2cc(C#CCNC(=O)C(F)(F)F)c3c(NC(=O)COc4ccccc4)ncnc32)O[C@@H]1CO[Si](c1ccccc1)(c1ccccc1)C(C)(C)C. The maximum absolute atomic E-state index is 13.1. The van der Waals surface area contributed by atoms with Crippen molar-refractivity contribution >= 4 is 59.1 Å². The molecule has 0 radical (unpaired) electrons. The fraction of sp³-hybridized carbons (Fsp3) is 0.333. The topological polar surface area (TPSA) is 126 Å². The number of nitrogens with one attached hydrogen (secondary N) is 2. The Morgan fingerprint density at radius 2 is 1.60 bits per heavy atom. The van der Waals surface area contributed by atoms with Crippen LogP contribution < -0.4 is 25.7 Å². The van der Waals surface area contributed by atoms with Crippen LogP contribution in [-0.2, 0) is 23.5 Å². The normalized spacial score (nSPS) is 17.1. The van der Waals surface area contributed by atoms with E-state index in [9.17, 15) is 22.8 Å². The van der Waals surface area contributed by atoms with E-state index in [1.54, 1.807) is 40.3 Å². The van der Waals surface area contributed by atoms with Crippen LogP contribution in [0, 0.1) is 11.8 Å². The number of halogens is 3. The average molecular weight is 832 g/mol. The van der Waals surface area contributed by atoms with E-state index in [-0.39, 0.29) is 29.6 Å². The number of ether oxygens (including phenoxy) is 3. The van der Waals surface area contributed by atoms with E-state index in [0.717, 1.165) is 10.4 Å². The molecule has 3 atom stereocenters. The fourth-order valence-corrected chi connectivity index (χ4v) is 11.9. The van der Waals surface area contributed by atoms with Gasteiger partial charge in [0.25, 0.3) is 14.2 Å². The van der Waals surface area contributed by atoms with Crippen LogP contribution in [0.15, 0.2) is 104 Å². The van der Waals surface area contributed by atoms with Gasteiger partial charge in [0.1, 0.15) is 35.9 Å². The third-order valence-electron chi connectivity index (χ3n) is 9.57. The van der Waals surface area contributed by atoms with Crippen LogP contribution in [0.5, 0.6) is 5.75 Å². The second-order valence-electron chi connectivity index (χ2n) is 14.5. The van der Waals surface area contributed by atoms with Gasteiger partial charge in [0.2, 0.25) is 0 Å². The Morgan fingerprint density at radius 3 is 2.21 bits per heavy atom. The predicted molar refractivity (Wildman–Crippen MR) is 219 cm³/mol. The summed E-state index contributed by atoms with van der Waals surface area (Å²) in [7, 11) is -2.95. The zero-order valence-corrected chi connectivity index (χ0v) is 34.2. The van der Waals surface area contributed by atoms with E-state index in [0.29, 0.717) is 29.1 Å². The first-order valence-electron chi connectivity index (χ1n) is 18.5. The molecule has 1 aliphatic rings. The van der Waals surface area contributed by atoms with E-state index < -0.39 is 51.3 Å². The molecule has 2 aromatic heterocycles. The number of thioether (sulfide) groups is 1. The van der Waals surface area contributed by atoms with E-state index in [1.165, 1.54) is 18.1 Å². The minimum atomic E-state index is -5.06. The number of benzene rings is 3. The average Bonchev–Trinajstić information content (AvgIpc) is 3.80. The molecule has 0 spiro atoms. The summed E-state index contributed by atoms with van der Waals surface area (Å²) < 4.78 is 66.4. The van der Waals surface area contributed by atoms with Crippen molar-refractivity contribution in [3.63, 3.8) is 0 Å². The van der Waals surface area contributed by atoms with Crippen molar-refractivity contribution in [1.82, 2.24) is 19.9 Å². The monoisotopic (exact) mass is 831 g/mol. The third kappa shape index (κ3) is 9.74. The number of rotatable bonds is 14. The lowest BCUT2D eigenvalue weighted by Crippen LogP contribution is -2.67. The van der Waals surface area contributed by atoms with Crippen molar-refractivity contribution in [2.45, 2.75) is 56.8 Å². The van der Waals surface area contributed by atoms with Gasteiger partial charge in [0, 0.05) is 12.6 Å². The highest BCUT2D eigenvalue weighted by molar-refractivity contribution is 7.98. The molecule has 2 amide bonds. The third-order valence-corrected chi connectivity index (χ3v) is 14.9. The van der Waals surface area contributed by atoms with Crippen LogP contribution in [0.1, 0.15) is 39.0 Å². The first kappa shape index (κ1) is 42.4. The summed E-state index contributed by atoms with van der Waals surface area (Å²) in [6, 6.07) is 29.4. The number of hydrogen-bond donors (Lipinski definition) is 2. The maximum atomic E-state index is 13.1. The van der Waals surface area contributed by atoms with Crippen LogP contribution in [0.2, 0.25) is 5.04 Å². The second-order valence-corrected chi connectivity index (χ2v) is 19.6. The van der Waals surface area contributed by atoms with Crippen LogP contribution in [0.25, 0.3) is 11.0 Å². The van der Waals surface area contributed by atoms with Gasteiger partial charge in [-0.3, -0.25) is 9.59 Å². The Bertz CT molecular complexity index is 2190. The van der Waals surface area contributed by atoms with Crippen LogP contribution in [0.3, 0.4) is 0 Å². The molecule has 16 heteroatoms. The highest BCUT2D eigenvalue weighted by atomic mass is 32.2. The van der Waals surface area contributed by atoms with Crippen LogP contribution in [-0.4, -0.2) is 85.0 Å². The Labute approximate surface area is 340 Å². The summed E-state index contributed by atoms with van der Waals surface area (Å²) >= 11 is 1.53. The van der Waals surface area contributed by atoms with Gasteiger partial charge in [-0.25, -0.2) is 9.97 Å². The van der Waals surface area contributed by atoms with Gasteiger partial charge in [-0.1, -0.05) is 111 Å². The van der Waals surface area contributed by atoms with Crippen molar-refractivity contribution in [1.29, 1.82) is 0 Å². The predicted octanol–water partition coefficient (Wildman–Crippen LogP) is 6.05. The Kier molecular flexibility index (Phi) is 13.6. The van der Waals surface area contributed by atoms with Gasteiger partial charge in [-0.15, -0.1) is 11.8 Å². The molecule has 0 aliphatic carbocycles. The number of carbonyl (C=O) groups excluding carboxylic acids is 2. The number of amides is 2. The number of hydrogen-bond acceptors (Lipinski definition) is 9. The Balaban J connectivity index is 1.33.